The van der Waals surface area contributed by atoms with Gasteiger partial charge in [0.2, 0.25) is 11.6 Å². The molecule has 0 bridgehead atoms. The first-order valence-corrected chi connectivity index (χ1v) is 6.78. The average Bonchev–Trinajstić information content (AvgIpc) is 2.47. The van der Waals surface area contributed by atoms with E-state index in [0.717, 1.165) is 5.56 Å². The van der Waals surface area contributed by atoms with Gasteiger partial charge in [0.15, 0.2) is 0 Å². The molecule has 2 aromatic rings. The van der Waals surface area contributed by atoms with E-state index in [-0.39, 0.29) is 11.4 Å². The summed E-state index contributed by atoms with van der Waals surface area (Å²) < 4.78 is 10.6. The highest BCUT2D eigenvalue weighted by Gasteiger charge is 2.18. The molecule has 1 aromatic carbocycles. The second-order valence-corrected chi connectivity index (χ2v) is 4.35. The molecule has 0 radical (unpaired) electrons. The Morgan fingerprint density at radius 3 is 2.85 bits per heavy atom. The largest absolute Gasteiger partial charge is 0.497 e. The topological polar surface area (TPSA) is 74.5 Å². The van der Waals surface area contributed by atoms with Crippen molar-refractivity contribution in [1.29, 1.82) is 0 Å². The lowest BCUT2D eigenvalue weighted by molar-refractivity contribution is -0.385. The molecule has 0 fully saturated rings. The van der Waals surface area contributed by atoms with Crippen molar-refractivity contribution in [2.75, 3.05) is 7.11 Å². The summed E-state index contributed by atoms with van der Waals surface area (Å²) in [6.45, 7) is 0. The van der Waals surface area contributed by atoms with Crippen molar-refractivity contribution in [3.05, 3.63) is 52.2 Å². The minimum Gasteiger partial charge on any atom is -0.497 e. The quantitative estimate of drug-likeness (QED) is 0.472. The summed E-state index contributed by atoms with van der Waals surface area (Å²) in [5.41, 5.74) is 0.654. The van der Waals surface area contributed by atoms with Crippen molar-refractivity contribution in [3.8, 4) is 17.4 Å². The summed E-state index contributed by atoms with van der Waals surface area (Å²) in [4.78, 5) is 14.6. The average molecular weight is 339 g/mol. The summed E-state index contributed by atoms with van der Waals surface area (Å²) in [7, 11) is 1.48. The number of hydrogen-bond acceptors (Lipinski definition) is 5. The molecular weight excluding hydrogens is 328 g/mol. The van der Waals surface area contributed by atoms with Crippen LogP contribution in [0.1, 0.15) is 5.56 Å². The molecule has 0 N–H and O–H groups in total. The van der Waals surface area contributed by atoms with Crippen LogP contribution in [0.5, 0.6) is 17.4 Å². The molecule has 20 heavy (non-hydrogen) atoms. The van der Waals surface area contributed by atoms with Crippen molar-refractivity contribution in [3.63, 3.8) is 0 Å². The molecule has 7 heteroatoms. The van der Waals surface area contributed by atoms with E-state index in [1.54, 1.807) is 12.3 Å². The van der Waals surface area contributed by atoms with Gasteiger partial charge in [-0.2, -0.15) is 0 Å². The molecule has 0 saturated carbocycles. The zero-order valence-corrected chi connectivity index (χ0v) is 12.2. The van der Waals surface area contributed by atoms with Crippen LogP contribution in [-0.2, 0) is 5.33 Å². The smallest absolute Gasteiger partial charge is 0.311 e. The molecule has 1 heterocycles. The van der Waals surface area contributed by atoms with Crippen molar-refractivity contribution >= 4 is 21.6 Å². The van der Waals surface area contributed by atoms with E-state index in [1.807, 2.05) is 6.07 Å². The highest BCUT2D eigenvalue weighted by molar-refractivity contribution is 9.08. The zero-order valence-electron chi connectivity index (χ0n) is 10.6. The maximum Gasteiger partial charge on any atom is 0.311 e. The third-order valence-electron chi connectivity index (χ3n) is 2.56. The first-order chi connectivity index (χ1) is 9.65. The van der Waals surface area contributed by atoms with Crippen LogP contribution in [0, 0.1) is 10.1 Å². The van der Waals surface area contributed by atoms with Gasteiger partial charge in [0.1, 0.15) is 5.75 Å². The van der Waals surface area contributed by atoms with Gasteiger partial charge in [-0.1, -0.05) is 22.0 Å². The van der Waals surface area contributed by atoms with E-state index < -0.39 is 4.92 Å². The van der Waals surface area contributed by atoms with Gasteiger partial charge in [0.05, 0.1) is 12.0 Å². The third kappa shape index (κ3) is 3.05. The van der Waals surface area contributed by atoms with Crippen LogP contribution in [0.15, 0.2) is 36.5 Å². The van der Waals surface area contributed by atoms with Gasteiger partial charge in [-0.25, -0.2) is 4.98 Å². The highest BCUT2D eigenvalue weighted by atomic mass is 79.9. The normalized spacial score (nSPS) is 10.1. The minimum atomic E-state index is -0.508. The van der Waals surface area contributed by atoms with E-state index in [0.29, 0.717) is 17.0 Å². The molecule has 0 atom stereocenters. The second kappa shape index (κ2) is 6.33. The molecule has 0 unspecified atom stereocenters. The Kier molecular flexibility index (Phi) is 4.52. The van der Waals surface area contributed by atoms with Gasteiger partial charge in [-0.3, -0.25) is 10.1 Å². The number of benzene rings is 1. The minimum absolute atomic E-state index is 0.0928. The molecule has 0 aliphatic carbocycles. The van der Waals surface area contributed by atoms with Gasteiger partial charge in [0.25, 0.3) is 0 Å². The number of nitro benzene ring substituents is 1. The predicted octanol–water partition coefficient (Wildman–Crippen LogP) is 3.69. The molecule has 0 spiro atoms. The number of alkyl halides is 1. The molecular formula is C13H11BrN2O4. The maximum absolute atomic E-state index is 11.0. The fourth-order valence-corrected chi connectivity index (χ4v) is 2.00. The van der Waals surface area contributed by atoms with E-state index >= 15 is 0 Å². The molecule has 0 aliphatic rings. The Labute approximate surface area is 123 Å². The molecule has 0 aliphatic heterocycles. The molecule has 0 amide bonds. The summed E-state index contributed by atoms with van der Waals surface area (Å²) in [5, 5.41) is 11.6. The standard InChI is InChI=1S/C13H11BrN2O4/c1-19-10-4-5-11(16(17)18)12(7-10)20-13-9(8-14)3-2-6-15-13/h2-7H,8H2,1H3. The number of nitrogens with zero attached hydrogens (tertiary/aromatic N) is 2. The van der Waals surface area contributed by atoms with E-state index in [4.69, 9.17) is 9.47 Å². The fraction of sp³-hybridized carbons (Fsp3) is 0.154. The lowest BCUT2D eigenvalue weighted by atomic mass is 10.2. The number of ether oxygens (including phenoxy) is 2. The number of halogens is 1. The van der Waals surface area contributed by atoms with Crippen LogP contribution in [0.2, 0.25) is 0 Å². The lowest BCUT2D eigenvalue weighted by Crippen LogP contribution is -1.97. The Balaban J connectivity index is 2.43. The lowest BCUT2D eigenvalue weighted by Gasteiger charge is -2.09. The van der Waals surface area contributed by atoms with Crippen LogP contribution in [0.3, 0.4) is 0 Å². The predicted molar refractivity (Wildman–Crippen MR) is 76.6 cm³/mol. The Bertz CT molecular complexity index is 634. The number of aromatic nitrogens is 1. The van der Waals surface area contributed by atoms with Gasteiger partial charge in [-0.15, -0.1) is 0 Å². The monoisotopic (exact) mass is 338 g/mol. The van der Waals surface area contributed by atoms with Crippen LogP contribution in [0.25, 0.3) is 0 Å². The van der Waals surface area contributed by atoms with Crippen LogP contribution in [0.4, 0.5) is 5.69 Å². The van der Waals surface area contributed by atoms with Crippen LogP contribution < -0.4 is 9.47 Å². The fourth-order valence-electron chi connectivity index (χ4n) is 1.58. The molecule has 1 aromatic heterocycles. The first kappa shape index (κ1) is 14.3. The summed E-state index contributed by atoms with van der Waals surface area (Å²) in [6.07, 6.45) is 1.56. The summed E-state index contributed by atoms with van der Waals surface area (Å²) in [5.74, 6) is 0.887. The highest BCUT2D eigenvalue weighted by Crippen LogP contribution is 2.35. The maximum atomic E-state index is 11.0. The van der Waals surface area contributed by atoms with E-state index in [9.17, 15) is 10.1 Å². The number of nitro groups is 1. The van der Waals surface area contributed by atoms with Gasteiger partial charge in [0, 0.05) is 29.2 Å². The van der Waals surface area contributed by atoms with Crippen molar-refractivity contribution in [2.45, 2.75) is 5.33 Å². The first-order valence-electron chi connectivity index (χ1n) is 5.66. The van der Waals surface area contributed by atoms with Gasteiger partial charge >= 0.3 is 5.69 Å². The van der Waals surface area contributed by atoms with E-state index in [2.05, 4.69) is 20.9 Å². The SMILES string of the molecule is COc1ccc([N+](=O)[O-])c(Oc2ncccc2CBr)c1. The molecule has 2 rings (SSSR count). The van der Waals surface area contributed by atoms with Crippen molar-refractivity contribution in [2.24, 2.45) is 0 Å². The number of hydrogen-bond donors (Lipinski definition) is 0. The van der Waals surface area contributed by atoms with Crippen molar-refractivity contribution < 1.29 is 14.4 Å². The zero-order chi connectivity index (χ0) is 14.5. The second-order valence-electron chi connectivity index (χ2n) is 3.79. The van der Waals surface area contributed by atoms with Crippen LogP contribution in [-0.4, -0.2) is 17.0 Å². The summed E-state index contributed by atoms with van der Waals surface area (Å²) in [6, 6.07) is 7.90. The third-order valence-corrected chi connectivity index (χ3v) is 3.17. The van der Waals surface area contributed by atoms with Gasteiger partial charge in [-0.05, 0) is 12.1 Å². The van der Waals surface area contributed by atoms with Crippen molar-refractivity contribution in [1.82, 2.24) is 4.98 Å². The molecule has 104 valence electrons. The van der Waals surface area contributed by atoms with Crippen LogP contribution >= 0.6 is 15.9 Å². The summed E-state index contributed by atoms with van der Waals surface area (Å²) >= 11 is 3.32. The molecule has 6 nitrogen and oxygen atoms in total. The number of methoxy groups -OCH3 is 1. The van der Waals surface area contributed by atoms with Gasteiger partial charge < -0.3 is 9.47 Å². The molecule has 0 saturated heterocycles. The Hall–Kier alpha value is -2.15. The number of pyridine rings is 1. The van der Waals surface area contributed by atoms with E-state index in [1.165, 1.54) is 25.3 Å². The Morgan fingerprint density at radius 2 is 2.20 bits per heavy atom. The Morgan fingerprint density at radius 1 is 1.40 bits per heavy atom. The number of rotatable bonds is 5.